The normalized spacial score (nSPS) is 11.9. The van der Waals surface area contributed by atoms with Crippen LogP contribution in [0.5, 0.6) is 0 Å². The van der Waals surface area contributed by atoms with E-state index in [0.717, 1.165) is 16.6 Å². The SMILES string of the molecule is CCC(C#N)Nc1ccc(Br)c(Cl)c1. The Labute approximate surface area is 97.0 Å². The maximum absolute atomic E-state index is 8.76. The van der Waals surface area contributed by atoms with Gasteiger partial charge < -0.3 is 5.32 Å². The summed E-state index contributed by atoms with van der Waals surface area (Å²) in [5, 5.41) is 12.5. The number of anilines is 1. The predicted octanol–water partition coefficient (Wildman–Crippen LogP) is 3.82. The average Bonchev–Trinajstić information content (AvgIpc) is 2.19. The van der Waals surface area contributed by atoms with Gasteiger partial charge >= 0.3 is 0 Å². The molecule has 0 spiro atoms. The number of rotatable bonds is 3. The molecule has 0 amide bonds. The zero-order valence-corrected chi connectivity index (χ0v) is 10.1. The van der Waals surface area contributed by atoms with Crippen LogP contribution < -0.4 is 5.32 Å². The Morgan fingerprint density at radius 1 is 1.64 bits per heavy atom. The number of hydrogen-bond donors (Lipinski definition) is 1. The number of hydrogen-bond acceptors (Lipinski definition) is 2. The van der Waals surface area contributed by atoms with Gasteiger partial charge in [0.2, 0.25) is 0 Å². The van der Waals surface area contributed by atoms with Gasteiger partial charge in [-0.15, -0.1) is 0 Å². The molecule has 74 valence electrons. The Hall–Kier alpha value is -0.720. The first kappa shape index (κ1) is 11.4. The van der Waals surface area contributed by atoms with Crippen LogP contribution in [-0.2, 0) is 0 Å². The second kappa shape index (κ2) is 5.23. The molecule has 2 nitrogen and oxygen atoms in total. The highest BCUT2D eigenvalue weighted by Gasteiger charge is 2.04. The van der Waals surface area contributed by atoms with E-state index in [-0.39, 0.29) is 6.04 Å². The maximum atomic E-state index is 8.76. The van der Waals surface area contributed by atoms with Crippen molar-refractivity contribution in [3.63, 3.8) is 0 Å². The maximum Gasteiger partial charge on any atom is 0.114 e. The molecule has 0 aliphatic rings. The third kappa shape index (κ3) is 2.90. The van der Waals surface area contributed by atoms with Gasteiger partial charge in [0.25, 0.3) is 0 Å². The number of nitriles is 1. The summed E-state index contributed by atoms with van der Waals surface area (Å²) in [6.45, 7) is 1.96. The van der Waals surface area contributed by atoms with E-state index in [2.05, 4.69) is 27.3 Å². The highest BCUT2D eigenvalue weighted by molar-refractivity contribution is 9.10. The minimum Gasteiger partial charge on any atom is -0.370 e. The number of benzene rings is 1. The molecule has 1 N–H and O–H groups in total. The summed E-state index contributed by atoms with van der Waals surface area (Å²) < 4.78 is 0.856. The average molecular weight is 274 g/mol. The Balaban J connectivity index is 2.78. The number of halogens is 2. The Bertz CT molecular complexity index is 360. The molecule has 1 aromatic rings. The fraction of sp³-hybridized carbons (Fsp3) is 0.300. The Kier molecular flexibility index (Phi) is 4.24. The topological polar surface area (TPSA) is 35.8 Å². The van der Waals surface area contributed by atoms with Gasteiger partial charge in [-0.25, -0.2) is 0 Å². The van der Waals surface area contributed by atoms with Crippen molar-refractivity contribution in [1.29, 1.82) is 5.26 Å². The minimum atomic E-state index is -0.160. The molecule has 1 aromatic carbocycles. The van der Waals surface area contributed by atoms with Crippen molar-refractivity contribution in [3.8, 4) is 6.07 Å². The summed E-state index contributed by atoms with van der Waals surface area (Å²) in [5.41, 5.74) is 0.867. The van der Waals surface area contributed by atoms with Gasteiger partial charge in [-0.3, -0.25) is 0 Å². The second-order valence-electron chi connectivity index (χ2n) is 2.86. The van der Waals surface area contributed by atoms with Crippen LogP contribution in [0.1, 0.15) is 13.3 Å². The van der Waals surface area contributed by atoms with Gasteiger partial charge in [0.1, 0.15) is 6.04 Å². The molecule has 4 heteroatoms. The highest BCUT2D eigenvalue weighted by Crippen LogP contribution is 2.25. The van der Waals surface area contributed by atoms with Crippen LogP contribution in [0.15, 0.2) is 22.7 Å². The van der Waals surface area contributed by atoms with Crippen molar-refractivity contribution in [2.45, 2.75) is 19.4 Å². The molecule has 0 fully saturated rings. The van der Waals surface area contributed by atoms with E-state index in [1.54, 1.807) is 6.07 Å². The fourth-order valence-corrected chi connectivity index (χ4v) is 1.44. The zero-order valence-electron chi connectivity index (χ0n) is 7.72. The first-order valence-corrected chi connectivity index (χ1v) is 5.45. The Morgan fingerprint density at radius 2 is 2.36 bits per heavy atom. The third-order valence-corrected chi connectivity index (χ3v) is 3.06. The van der Waals surface area contributed by atoms with Crippen molar-refractivity contribution in [2.24, 2.45) is 0 Å². The quantitative estimate of drug-likeness (QED) is 0.909. The lowest BCUT2D eigenvalue weighted by molar-refractivity contribution is 0.845. The van der Waals surface area contributed by atoms with Crippen LogP contribution in [0.4, 0.5) is 5.69 Å². The Morgan fingerprint density at radius 3 is 2.86 bits per heavy atom. The van der Waals surface area contributed by atoms with E-state index in [1.165, 1.54) is 0 Å². The van der Waals surface area contributed by atoms with Crippen LogP contribution in [0, 0.1) is 11.3 Å². The van der Waals surface area contributed by atoms with Gasteiger partial charge in [0.05, 0.1) is 11.1 Å². The first-order chi connectivity index (χ1) is 6.67. The molecular weight excluding hydrogens is 263 g/mol. The van der Waals surface area contributed by atoms with E-state index in [1.807, 2.05) is 19.1 Å². The van der Waals surface area contributed by atoms with E-state index >= 15 is 0 Å². The summed E-state index contributed by atoms with van der Waals surface area (Å²) in [4.78, 5) is 0. The molecule has 0 aliphatic carbocycles. The van der Waals surface area contributed by atoms with E-state index < -0.39 is 0 Å². The van der Waals surface area contributed by atoms with Gasteiger partial charge in [-0.1, -0.05) is 18.5 Å². The first-order valence-electron chi connectivity index (χ1n) is 4.28. The van der Waals surface area contributed by atoms with Crippen LogP contribution >= 0.6 is 27.5 Å². The standard InChI is InChI=1S/C10H10BrClN2/c1-2-7(6-13)14-8-3-4-9(11)10(12)5-8/h3-5,7,14H,2H2,1H3. The van der Waals surface area contributed by atoms with Crippen LogP contribution in [-0.4, -0.2) is 6.04 Å². The molecule has 0 saturated carbocycles. The van der Waals surface area contributed by atoms with E-state index in [9.17, 15) is 0 Å². The smallest absolute Gasteiger partial charge is 0.114 e. The molecule has 1 rings (SSSR count). The fourth-order valence-electron chi connectivity index (χ4n) is 1.01. The predicted molar refractivity (Wildman–Crippen MR) is 62.5 cm³/mol. The highest BCUT2D eigenvalue weighted by atomic mass is 79.9. The van der Waals surface area contributed by atoms with Crippen molar-refractivity contribution in [3.05, 3.63) is 27.7 Å². The second-order valence-corrected chi connectivity index (χ2v) is 4.12. The van der Waals surface area contributed by atoms with Crippen molar-refractivity contribution >= 4 is 33.2 Å². The van der Waals surface area contributed by atoms with Gasteiger partial charge in [0.15, 0.2) is 0 Å². The van der Waals surface area contributed by atoms with Crippen LogP contribution in [0.25, 0.3) is 0 Å². The lowest BCUT2D eigenvalue weighted by atomic mass is 10.2. The summed E-state index contributed by atoms with van der Waals surface area (Å²) in [6, 6.07) is 7.55. The molecule has 0 radical (unpaired) electrons. The number of nitrogens with one attached hydrogen (secondary N) is 1. The summed E-state index contributed by atoms with van der Waals surface area (Å²) in [6.07, 6.45) is 0.768. The van der Waals surface area contributed by atoms with Gasteiger partial charge in [-0.05, 0) is 40.5 Å². The summed E-state index contributed by atoms with van der Waals surface area (Å²) >= 11 is 9.22. The molecule has 14 heavy (non-hydrogen) atoms. The molecular formula is C10H10BrClN2. The molecule has 0 heterocycles. The van der Waals surface area contributed by atoms with Crippen LogP contribution in [0.3, 0.4) is 0 Å². The summed E-state index contributed by atoms with van der Waals surface area (Å²) in [7, 11) is 0. The largest absolute Gasteiger partial charge is 0.370 e. The van der Waals surface area contributed by atoms with Crippen molar-refractivity contribution in [2.75, 3.05) is 5.32 Å². The lowest BCUT2D eigenvalue weighted by Crippen LogP contribution is -2.15. The molecule has 1 unspecified atom stereocenters. The summed E-state index contributed by atoms with van der Waals surface area (Å²) in [5.74, 6) is 0. The number of nitrogens with zero attached hydrogens (tertiary/aromatic N) is 1. The zero-order chi connectivity index (χ0) is 10.6. The molecule has 0 aromatic heterocycles. The third-order valence-electron chi connectivity index (χ3n) is 1.82. The molecule has 0 aliphatic heterocycles. The van der Waals surface area contributed by atoms with Crippen LogP contribution in [0.2, 0.25) is 5.02 Å². The lowest BCUT2D eigenvalue weighted by Gasteiger charge is -2.10. The molecule has 0 bridgehead atoms. The van der Waals surface area contributed by atoms with Crippen molar-refractivity contribution < 1.29 is 0 Å². The minimum absolute atomic E-state index is 0.160. The molecule has 0 saturated heterocycles. The van der Waals surface area contributed by atoms with Gasteiger partial charge in [0, 0.05) is 10.2 Å². The van der Waals surface area contributed by atoms with Gasteiger partial charge in [-0.2, -0.15) is 5.26 Å². The monoisotopic (exact) mass is 272 g/mol. The molecule has 1 atom stereocenters. The van der Waals surface area contributed by atoms with E-state index in [4.69, 9.17) is 16.9 Å². The van der Waals surface area contributed by atoms with Crippen molar-refractivity contribution in [1.82, 2.24) is 0 Å². The van der Waals surface area contributed by atoms with E-state index in [0.29, 0.717) is 5.02 Å².